The zero-order valence-corrected chi connectivity index (χ0v) is 21.7. The highest BCUT2D eigenvalue weighted by Gasteiger charge is 2.37. The Morgan fingerprint density at radius 3 is 2.51 bits per heavy atom. The zero-order chi connectivity index (χ0) is 26.2. The summed E-state index contributed by atoms with van der Waals surface area (Å²) in [6.07, 6.45) is 12.1. The number of carbonyl (C=O) groups excluding carboxylic acids is 3. The van der Waals surface area contributed by atoms with E-state index in [9.17, 15) is 19.5 Å². The van der Waals surface area contributed by atoms with E-state index in [1.165, 1.54) is 0 Å². The van der Waals surface area contributed by atoms with Crippen LogP contribution >= 0.6 is 0 Å². The summed E-state index contributed by atoms with van der Waals surface area (Å²) in [5, 5.41) is 10.4. The first-order chi connectivity index (χ1) is 16.4. The van der Waals surface area contributed by atoms with Crippen molar-refractivity contribution < 1.29 is 29.0 Å². The van der Waals surface area contributed by atoms with Gasteiger partial charge in [-0.3, -0.25) is 9.59 Å². The molecule has 0 saturated carbocycles. The maximum absolute atomic E-state index is 13.0. The van der Waals surface area contributed by atoms with E-state index in [0.29, 0.717) is 19.3 Å². The number of benzene rings is 1. The van der Waals surface area contributed by atoms with Gasteiger partial charge in [-0.15, -0.1) is 0 Å². The van der Waals surface area contributed by atoms with Crippen molar-refractivity contribution in [1.29, 1.82) is 0 Å². The number of Topliss-reactive ketones (excluding diaryl/α,β-unsaturated/α-hetero) is 1. The predicted molar refractivity (Wildman–Crippen MR) is 137 cm³/mol. The normalized spacial score (nSPS) is 18.5. The van der Waals surface area contributed by atoms with E-state index in [0.717, 1.165) is 29.4 Å². The molecule has 1 aromatic rings. The number of ether oxygens (including phenoxy) is 2. The Labute approximate surface area is 208 Å². The van der Waals surface area contributed by atoms with Gasteiger partial charge in [0.1, 0.15) is 5.60 Å². The largest absolute Gasteiger partial charge is 0.463 e. The summed E-state index contributed by atoms with van der Waals surface area (Å²) in [7, 11) is 1.16. The summed E-state index contributed by atoms with van der Waals surface area (Å²) in [5.41, 5.74) is 2.66. The minimum absolute atomic E-state index is 0.0959. The summed E-state index contributed by atoms with van der Waals surface area (Å²) >= 11 is 0. The molecule has 1 N–H and O–H groups in total. The predicted octanol–water partition coefficient (Wildman–Crippen LogP) is 4.98. The molecule has 0 aromatic heterocycles. The van der Waals surface area contributed by atoms with Crippen molar-refractivity contribution in [2.75, 3.05) is 7.11 Å². The highest BCUT2D eigenvalue weighted by molar-refractivity contribution is 6.33. The van der Waals surface area contributed by atoms with Crippen molar-refractivity contribution in [3.63, 3.8) is 0 Å². The number of hydrogen-bond acceptors (Lipinski definition) is 6. The number of aliphatic hydroxyl groups is 1. The molecule has 0 spiro atoms. The topological polar surface area (TPSA) is 89.9 Å². The molecule has 0 aliphatic heterocycles. The first-order valence-electron chi connectivity index (χ1n) is 12.1. The lowest BCUT2D eigenvalue weighted by molar-refractivity contribution is -0.166. The summed E-state index contributed by atoms with van der Waals surface area (Å²) in [4.78, 5) is 36.0. The Kier molecular flexibility index (Phi) is 9.78. The summed E-state index contributed by atoms with van der Waals surface area (Å²) in [6, 6.07) is 4.14. The van der Waals surface area contributed by atoms with E-state index < -0.39 is 28.9 Å². The van der Waals surface area contributed by atoms with Crippen LogP contribution in [0.1, 0.15) is 68.7 Å². The van der Waals surface area contributed by atoms with E-state index >= 15 is 0 Å². The number of aliphatic hydroxyl groups excluding tert-OH is 1. The lowest BCUT2D eigenvalue weighted by Gasteiger charge is -2.35. The number of esters is 2. The van der Waals surface area contributed by atoms with Crippen molar-refractivity contribution in [2.45, 2.75) is 78.4 Å². The molecule has 1 aliphatic rings. The Bertz CT molecular complexity index is 1030. The molecule has 0 heterocycles. The minimum atomic E-state index is -0.904. The average molecular weight is 483 g/mol. The third kappa shape index (κ3) is 7.76. The van der Waals surface area contributed by atoms with Crippen LogP contribution in [0.25, 0.3) is 6.08 Å². The Balaban J connectivity index is 2.31. The molecule has 190 valence electrons. The van der Waals surface area contributed by atoms with Gasteiger partial charge in [-0.2, -0.15) is 0 Å². The van der Waals surface area contributed by atoms with Crippen molar-refractivity contribution in [3.05, 3.63) is 64.8 Å². The molecule has 2 unspecified atom stereocenters. The maximum Gasteiger partial charge on any atom is 0.374 e. The summed E-state index contributed by atoms with van der Waals surface area (Å²) in [6.45, 7) is 9.78. The smallest absolute Gasteiger partial charge is 0.374 e. The van der Waals surface area contributed by atoms with E-state index in [1.807, 2.05) is 65.0 Å². The van der Waals surface area contributed by atoms with Crippen LogP contribution in [0, 0.1) is 19.3 Å². The molecule has 0 saturated heterocycles. The van der Waals surface area contributed by atoms with Crippen LogP contribution < -0.4 is 0 Å². The van der Waals surface area contributed by atoms with Gasteiger partial charge in [-0.1, -0.05) is 55.0 Å². The van der Waals surface area contributed by atoms with Crippen LogP contribution in [0.3, 0.4) is 0 Å². The van der Waals surface area contributed by atoms with Gasteiger partial charge in [0.05, 0.1) is 18.6 Å². The fourth-order valence-corrected chi connectivity index (χ4v) is 3.93. The summed E-state index contributed by atoms with van der Waals surface area (Å²) < 4.78 is 10.6. The number of rotatable bonds is 11. The van der Waals surface area contributed by atoms with Gasteiger partial charge >= 0.3 is 11.9 Å². The molecule has 0 bridgehead atoms. The summed E-state index contributed by atoms with van der Waals surface area (Å²) in [5.74, 6) is -1.80. The van der Waals surface area contributed by atoms with Gasteiger partial charge in [0, 0.05) is 19.3 Å². The van der Waals surface area contributed by atoms with Crippen LogP contribution in [0.5, 0.6) is 0 Å². The van der Waals surface area contributed by atoms with Gasteiger partial charge in [0.15, 0.2) is 0 Å². The molecule has 6 nitrogen and oxygen atoms in total. The van der Waals surface area contributed by atoms with E-state index in [4.69, 9.17) is 4.74 Å². The van der Waals surface area contributed by atoms with Gasteiger partial charge in [-0.25, -0.2) is 4.79 Å². The molecule has 0 fully saturated rings. The highest BCUT2D eigenvalue weighted by atomic mass is 16.6. The lowest BCUT2D eigenvalue weighted by Crippen LogP contribution is -2.40. The molecule has 2 atom stereocenters. The molecule has 35 heavy (non-hydrogen) atoms. The quantitative estimate of drug-likeness (QED) is 0.354. The van der Waals surface area contributed by atoms with Crippen LogP contribution in [-0.2, 0) is 30.3 Å². The van der Waals surface area contributed by atoms with Crippen molar-refractivity contribution in [1.82, 2.24) is 0 Å². The van der Waals surface area contributed by atoms with E-state index in [1.54, 1.807) is 6.08 Å². The van der Waals surface area contributed by atoms with Gasteiger partial charge < -0.3 is 14.6 Å². The number of methoxy groups -OCH3 is 1. The van der Waals surface area contributed by atoms with Crippen molar-refractivity contribution >= 4 is 23.8 Å². The Hall–Kier alpha value is -2.99. The maximum atomic E-state index is 13.0. The third-order valence-corrected chi connectivity index (χ3v) is 6.51. The molecule has 1 aromatic carbocycles. The van der Waals surface area contributed by atoms with E-state index in [2.05, 4.69) is 16.9 Å². The average Bonchev–Trinajstić information content (AvgIpc) is 2.81. The van der Waals surface area contributed by atoms with E-state index in [-0.39, 0.29) is 18.8 Å². The molecule has 1 aliphatic carbocycles. The minimum Gasteiger partial charge on any atom is -0.463 e. The SMILES string of the molecule is CCC(C)(C)C(=O)OC1(Cc2cc(C)cc(C)c2/C=C/C(O)CCC(=O)C(=O)OC)C=CC=CC1. The first kappa shape index (κ1) is 28.2. The van der Waals surface area contributed by atoms with Gasteiger partial charge in [0.25, 0.3) is 0 Å². The second kappa shape index (κ2) is 12.1. The molecule has 0 radical (unpaired) electrons. The molecule has 0 amide bonds. The first-order valence-corrected chi connectivity index (χ1v) is 12.1. The second-order valence-electron chi connectivity index (χ2n) is 9.89. The van der Waals surface area contributed by atoms with Crippen LogP contribution in [-0.4, -0.2) is 41.6 Å². The molecular formula is C29H38O6. The zero-order valence-electron chi connectivity index (χ0n) is 21.7. The van der Waals surface area contributed by atoms with Gasteiger partial charge in [-0.05, 0) is 63.3 Å². The fourth-order valence-electron chi connectivity index (χ4n) is 3.93. The Morgan fingerprint density at radius 2 is 1.91 bits per heavy atom. The molecule has 2 rings (SSSR count). The van der Waals surface area contributed by atoms with Gasteiger partial charge in [0.2, 0.25) is 5.78 Å². The number of allylic oxidation sites excluding steroid dienone is 2. The number of carbonyl (C=O) groups is 3. The van der Waals surface area contributed by atoms with Crippen molar-refractivity contribution in [2.24, 2.45) is 5.41 Å². The third-order valence-electron chi connectivity index (χ3n) is 6.51. The standard InChI is InChI=1S/C29H38O6/c1-7-28(4,5)27(33)35-29(15-9-8-10-16-29)19-22-18-20(2)17-21(3)24(22)13-11-23(30)12-14-25(31)26(32)34-6/h8-11,13,15,17-18,23,30H,7,12,14,16,19H2,1-6H3/b13-11+. The molecule has 6 heteroatoms. The monoisotopic (exact) mass is 482 g/mol. The van der Waals surface area contributed by atoms with Crippen LogP contribution in [0.4, 0.5) is 0 Å². The van der Waals surface area contributed by atoms with Crippen molar-refractivity contribution in [3.8, 4) is 0 Å². The fraction of sp³-hybridized carbons (Fsp3) is 0.483. The van der Waals surface area contributed by atoms with Crippen LogP contribution in [0.15, 0.2) is 42.5 Å². The number of aryl methyl sites for hydroxylation is 2. The van der Waals surface area contributed by atoms with Crippen LogP contribution in [0.2, 0.25) is 0 Å². The Morgan fingerprint density at radius 1 is 1.20 bits per heavy atom. The molecular weight excluding hydrogens is 444 g/mol. The number of hydrogen-bond donors (Lipinski definition) is 1. The second-order valence-corrected chi connectivity index (χ2v) is 9.89. The highest BCUT2D eigenvalue weighted by Crippen LogP contribution is 2.34. The lowest BCUT2D eigenvalue weighted by atomic mass is 9.83. The number of ketones is 1.